The lowest BCUT2D eigenvalue weighted by molar-refractivity contribution is -0.144. The summed E-state index contributed by atoms with van der Waals surface area (Å²) in [6.45, 7) is 2.00. The highest BCUT2D eigenvalue weighted by Crippen LogP contribution is 2.04. The molecule has 0 aromatic carbocycles. The van der Waals surface area contributed by atoms with Gasteiger partial charge in [0.1, 0.15) is 6.54 Å². The Balaban J connectivity index is 1.79. The van der Waals surface area contributed by atoms with E-state index in [0.29, 0.717) is 25.3 Å². The molecule has 0 bridgehead atoms. The number of carbonyl (C=O) groups is 2. The molecule has 0 saturated heterocycles. The van der Waals surface area contributed by atoms with Crippen LogP contribution in [0.2, 0.25) is 0 Å². The van der Waals surface area contributed by atoms with Crippen molar-refractivity contribution in [1.82, 2.24) is 20.0 Å². The first kappa shape index (κ1) is 15.6. The number of rotatable bonds is 7. The third-order valence-electron chi connectivity index (χ3n) is 2.77. The minimum Gasteiger partial charge on any atom is -0.465 e. The molecule has 0 atom stereocenters. The maximum Gasteiger partial charge on any atom is 0.327 e. The Bertz CT molecular complexity index is 626. The quantitative estimate of drug-likeness (QED) is 0.760. The molecule has 8 heteroatoms. The van der Waals surface area contributed by atoms with Crippen LogP contribution in [0.25, 0.3) is 0 Å². The largest absolute Gasteiger partial charge is 0.465 e. The van der Waals surface area contributed by atoms with Gasteiger partial charge in [-0.2, -0.15) is 0 Å². The highest BCUT2D eigenvalue weighted by atomic mass is 16.5. The Morgan fingerprint density at radius 2 is 2.27 bits per heavy atom. The molecule has 0 aliphatic rings. The van der Waals surface area contributed by atoms with Crippen molar-refractivity contribution in [3.05, 3.63) is 36.3 Å². The van der Waals surface area contributed by atoms with Gasteiger partial charge in [-0.15, -0.1) is 5.10 Å². The summed E-state index contributed by atoms with van der Waals surface area (Å²) in [4.78, 5) is 27.1. The number of aryl methyl sites for hydroxylation is 1. The van der Waals surface area contributed by atoms with E-state index in [1.54, 1.807) is 19.3 Å². The van der Waals surface area contributed by atoms with E-state index >= 15 is 0 Å². The number of hydrogen-bond donors (Lipinski definition) is 1. The second-order valence-electron chi connectivity index (χ2n) is 4.52. The monoisotopic (exact) mass is 303 g/mol. The lowest BCUT2D eigenvalue weighted by atomic mass is 10.1. The summed E-state index contributed by atoms with van der Waals surface area (Å²) in [6, 6.07) is 3.74. The summed E-state index contributed by atoms with van der Waals surface area (Å²) in [5, 5.41) is 10.2. The number of aromatic nitrogens is 4. The second-order valence-corrected chi connectivity index (χ2v) is 4.52. The van der Waals surface area contributed by atoms with Crippen LogP contribution in [-0.4, -0.2) is 38.5 Å². The van der Waals surface area contributed by atoms with Crippen LogP contribution in [0.15, 0.2) is 30.7 Å². The SMILES string of the molecule is CCOC(=O)Cn1cc(NC(=O)CCc2cccnc2)nn1. The summed E-state index contributed by atoms with van der Waals surface area (Å²) in [7, 11) is 0. The van der Waals surface area contributed by atoms with Gasteiger partial charge in [-0.3, -0.25) is 14.6 Å². The zero-order valence-electron chi connectivity index (χ0n) is 12.2. The van der Waals surface area contributed by atoms with Gasteiger partial charge < -0.3 is 10.1 Å². The summed E-state index contributed by atoms with van der Waals surface area (Å²) in [5.74, 6) is -0.269. The van der Waals surface area contributed by atoms with E-state index < -0.39 is 5.97 Å². The summed E-state index contributed by atoms with van der Waals surface area (Å²) >= 11 is 0. The first-order valence-electron chi connectivity index (χ1n) is 6.92. The molecular formula is C14H17N5O3. The molecule has 2 aromatic rings. The van der Waals surface area contributed by atoms with E-state index in [4.69, 9.17) is 4.74 Å². The van der Waals surface area contributed by atoms with Crippen LogP contribution in [0, 0.1) is 0 Å². The van der Waals surface area contributed by atoms with Crippen LogP contribution in [0.3, 0.4) is 0 Å². The lowest BCUT2D eigenvalue weighted by Gasteiger charge is -2.02. The van der Waals surface area contributed by atoms with Crippen LogP contribution in [0.4, 0.5) is 5.82 Å². The molecular weight excluding hydrogens is 286 g/mol. The number of hydrogen-bond acceptors (Lipinski definition) is 6. The first-order chi connectivity index (χ1) is 10.7. The second kappa shape index (κ2) is 7.87. The maximum absolute atomic E-state index is 11.8. The lowest BCUT2D eigenvalue weighted by Crippen LogP contribution is -2.14. The number of esters is 1. The minimum absolute atomic E-state index is 0.0353. The first-order valence-corrected chi connectivity index (χ1v) is 6.92. The smallest absolute Gasteiger partial charge is 0.327 e. The van der Waals surface area contributed by atoms with Crippen LogP contribution in [0.5, 0.6) is 0 Å². The summed E-state index contributed by atoms with van der Waals surface area (Å²) in [5.41, 5.74) is 0.989. The zero-order valence-corrected chi connectivity index (χ0v) is 12.2. The predicted molar refractivity (Wildman–Crippen MR) is 77.8 cm³/mol. The fraction of sp³-hybridized carbons (Fsp3) is 0.357. The summed E-state index contributed by atoms with van der Waals surface area (Å²) < 4.78 is 6.12. The average Bonchev–Trinajstić information content (AvgIpc) is 2.93. The molecule has 0 aliphatic heterocycles. The third-order valence-corrected chi connectivity index (χ3v) is 2.77. The average molecular weight is 303 g/mol. The van der Waals surface area contributed by atoms with Crippen LogP contribution >= 0.6 is 0 Å². The van der Waals surface area contributed by atoms with E-state index in [0.717, 1.165) is 5.56 Å². The molecule has 2 aromatic heterocycles. The molecule has 1 amide bonds. The van der Waals surface area contributed by atoms with Gasteiger partial charge in [0, 0.05) is 18.8 Å². The number of amides is 1. The Labute approximate surface area is 127 Å². The van der Waals surface area contributed by atoms with Crippen molar-refractivity contribution in [1.29, 1.82) is 0 Å². The topological polar surface area (TPSA) is 99.0 Å². The number of nitrogens with zero attached hydrogens (tertiary/aromatic N) is 4. The number of ether oxygens (including phenoxy) is 1. The molecule has 2 rings (SSSR count). The minimum atomic E-state index is -0.401. The van der Waals surface area contributed by atoms with Gasteiger partial charge >= 0.3 is 5.97 Å². The van der Waals surface area contributed by atoms with E-state index in [1.165, 1.54) is 10.9 Å². The van der Waals surface area contributed by atoms with E-state index in [9.17, 15) is 9.59 Å². The number of carbonyl (C=O) groups excluding carboxylic acids is 2. The highest BCUT2D eigenvalue weighted by molar-refractivity contribution is 5.89. The number of nitrogens with one attached hydrogen (secondary N) is 1. The molecule has 116 valence electrons. The molecule has 8 nitrogen and oxygen atoms in total. The van der Waals surface area contributed by atoms with Crippen LogP contribution in [0.1, 0.15) is 18.9 Å². The Hall–Kier alpha value is -2.77. The normalized spacial score (nSPS) is 10.2. The fourth-order valence-electron chi connectivity index (χ4n) is 1.78. The zero-order chi connectivity index (χ0) is 15.8. The number of pyridine rings is 1. The molecule has 0 radical (unpaired) electrons. The molecule has 2 heterocycles. The fourth-order valence-corrected chi connectivity index (χ4v) is 1.78. The molecule has 0 aliphatic carbocycles. The molecule has 0 spiro atoms. The van der Waals surface area contributed by atoms with Gasteiger partial charge in [0.05, 0.1) is 12.8 Å². The summed E-state index contributed by atoms with van der Waals surface area (Å²) in [6.07, 6.45) is 5.81. The standard InChI is InChI=1S/C14H17N5O3/c1-2-22-14(21)10-19-9-12(17-18-19)16-13(20)6-5-11-4-3-7-15-8-11/h3-4,7-9H,2,5-6,10H2,1H3,(H,16,20). The van der Waals surface area contributed by atoms with Crippen molar-refractivity contribution in [2.75, 3.05) is 11.9 Å². The van der Waals surface area contributed by atoms with Gasteiger partial charge in [-0.05, 0) is 25.0 Å². The van der Waals surface area contributed by atoms with Crippen LogP contribution < -0.4 is 5.32 Å². The molecule has 0 fully saturated rings. The van der Waals surface area contributed by atoms with E-state index in [2.05, 4.69) is 20.6 Å². The van der Waals surface area contributed by atoms with Gasteiger partial charge in [-0.25, -0.2) is 4.68 Å². The van der Waals surface area contributed by atoms with Crippen molar-refractivity contribution in [2.45, 2.75) is 26.3 Å². The van der Waals surface area contributed by atoms with Crippen LogP contribution in [-0.2, 0) is 27.3 Å². The van der Waals surface area contributed by atoms with Gasteiger partial charge in [-0.1, -0.05) is 11.3 Å². The van der Waals surface area contributed by atoms with Gasteiger partial charge in [0.2, 0.25) is 5.91 Å². The maximum atomic E-state index is 11.8. The van der Waals surface area contributed by atoms with Crippen molar-refractivity contribution in [2.24, 2.45) is 0 Å². The van der Waals surface area contributed by atoms with Gasteiger partial charge in [0.25, 0.3) is 0 Å². The molecule has 22 heavy (non-hydrogen) atoms. The Morgan fingerprint density at radius 1 is 1.41 bits per heavy atom. The van der Waals surface area contributed by atoms with E-state index in [-0.39, 0.29) is 12.5 Å². The molecule has 0 saturated carbocycles. The van der Waals surface area contributed by atoms with Crippen molar-refractivity contribution in [3.8, 4) is 0 Å². The molecule has 1 N–H and O–H groups in total. The highest BCUT2D eigenvalue weighted by Gasteiger charge is 2.09. The predicted octanol–water partition coefficient (Wildman–Crippen LogP) is 0.807. The van der Waals surface area contributed by atoms with E-state index in [1.807, 2.05) is 12.1 Å². The number of anilines is 1. The Morgan fingerprint density at radius 3 is 3.00 bits per heavy atom. The van der Waals surface area contributed by atoms with Gasteiger partial charge in [0.15, 0.2) is 5.82 Å². The molecule has 0 unspecified atom stereocenters. The van der Waals surface area contributed by atoms with Crippen molar-refractivity contribution >= 4 is 17.7 Å². The third kappa shape index (κ3) is 4.97. The Kier molecular flexibility index (Phi) is 5.58. The van der Waals surface area contributed by atoms with Crippen molar-refractivity contribution in [3.63, 3.8) is 0 Å². The van der Waals surface area contributed by atoms with Crippen molar-refractivity contribution < 1.29 is 14.3 Å².